The number of unbranched alkanes of at least 4 members (excludes halogenated alkanes) is 6. The molecular formula is C36H43F3O2. The Hall–Kier alpha value is -2.89. The third-order valence-corrected chi connectivity index (χ3v) is 7.94. The molecule has 0 bridgehead atoms. The van der Waals surface area contributed by atoms with Gasteiger partial charge in [0.25, 0.3) is 0 Å². The molecule has 3 aromatic carbocycles. The van der Waals surface area contributed by atoms with Crippen LogP contribution in [0.5, 0.6) is 0 Å². The molecule has 1 saturated heterocycles. The average Bonchev–Trinajstić information content (AvgIpc) is 2.99. The third-order valence-electron chi connectivity index (χ3n) is 7.94. The van der Waals surface area contributed by atoms with Crippen molar-refractivity contribution in [3.63, 3.8) is 0 Å². The molecule has 2 nitrogen and oxygen atoms in total. The Bertz CT molecular complexity index is 1260. The van der Waals surface area contributed by atoms with Crippen LogP contribution in [0.3, 0.4) is 0 Å². The molecule has 0 N–H and O–H groups in total. The van der Waals surface area contributed by atoms with E-state index in [1.807, 2.05) is 19.1 Å². The summed E-state index contributed by atoms with van der Waals surface area (Å²) in [6.45, 7) is 5.28. The fourth-order valence-corrected chi connectivity index (χ4v) is 5.41. The fourth-order valence-electron chi connectivity index (χ4n) is 5.41. The lowest BCUT2D eigenvalue weighted by Crippen LogP contribution is -2.27. The van der Waals surface area contributed by atoms with E-state index < -0.39 is 23.7 Å². The predicted octanol–water partition coefficient (Wildman–Crippen LogP) is 10.7. The lowest BCUT2D eigenvalue weighted by atomic mass is 9.97. The topological polar surface area (TPSA) is 18.5 Å². The van der Waals surface area contributed by atoms with Crippen molar-refractivity contribution in [1.29, 1.82) is 0 Å². The van der Waals surface area contributed by atoms with Crippen molar-refractivity contribution in [2.24, 2.45) is 5.92 Å². The molecule has 4 rings (SSSR count). The van der Waals surface area contributed by atoms with E-state index in [9.17, 15) is 4.39 Å². The van der Waals surface area contributed by atoms with Crippen molar-refractivity contribution < 1.29 is 22.6 Å². The summed E-state index contributed by atoms with van der Waals surface area (Å²) in [7, 11) is 0. The third kappa shape index (κ3) is 8.56. The maximum Gasteiger partial charge on any atom is 0.186 e. The molecular weight excluding hydrogens is 521 g/mol. The van der Waals surface area contributed by atoms with Crippen LogP contribution in [0.15, 0.2) is 66.7 Å². The first kappa shape index (κ1) is 31.1. The smallest absolute Gasteiger partial charge is 0.186 e. The van der Waals surface area contributed by atoms with E-state index in [2.05, 4.69) is 13.0 Å². The first-order chi connectivity index (χ1) is 20.0. The summed E-state index contributed by atoms with van der Waals surface area (Å²) in [4.78, 5) is 0. The Morgan fingerprint density at radius 2 is 1.41 bits per heavy atom. The van der Waals surface area contributed by atoms with E-state index in [1.54, 1.807) is 42.5 Å². The van der Waals surface area contributed by atoms with E-state index in [1.165, 1.54) is 31.7 Å². The van der Waals surface area contributed by atoms with Gasteiger partial charge in [-0.3, -0.25) is 0 Å². The Morgan fingerprint density at radius 3 is 2.10 bits per heavy atom. The maximum atomic E-state index is 15.1. The number of hydrogen-bond acceptors (Lipinski definition) is 2. The van der Waals surface area contributed by atoms with Crippen molar-refractivity contribution in [1.82, 2.24) is 0 Å². The highest BCUT2D eigenvalue weighted by molar-refractivity contribution is 5.71. The molecule has 0 spiro atoms. The van der Waals surface area contributed by atoms with Gasteiger partial charge in [0.05, 0.1) is 13.2 Å². The van der Waals surface area contributed by atoms with Crippen LogP contribution in [0.1, 0.15) is 89.1 Å². The van der Waals surface area contributed by atoms with Crippen LogP contribution in [-0.4, -0.2) is 13.2 Å². The maximum absolute atomic E-state index is 15.1. The SMILES string of the molecule is C/C=C/CCC1COC(c2ccc(-c3ccc(-c4ccc(CCCCCCCCC)c(F)c4F)cc3)cc2F)OC1. The average molecular weight is 565 g/mol. The van der Waals surface area contributed by atoms with Crippen LogP contribution in [0, 0.1) is 23.4 Å². The number of allylic oxidation sites excluding steroid dienone is 2. The van der Waals surface area contributed by atoms with Gasteiger partial charge in [0.15, 0.2) is 17.9 Å². The number of benzene rings is 3. The van der Waals surface area contributed by atoms with E-state index >= 15 is 8.78 Å². The minimum absolute atomic E-state index is 0.231. The Labute approximate surface area is 243 Å². The van der Waals surface area contributed by atoms with Crippen LogP contribution in [-0.2, 0) is 15.9 Å². The highest BCUT2D eigenvalue weighted by Crippen LogP contribution is 2.33. The fraction of sp³-hybridized carbons (Fsp3) is 0.444. The number of ether oxygens (including phenoxy) is 2. The monoisotopic (exact) mass is 564 g/mol. The molecule has 3 aromatic rings. The highest BCUT2D eigenvalue weighted by Gasteiger charge is 2.25. The van der Waals surface area contributed by atoms with Gasteiger partial charge in [-0.2, -0.15) is 0 Å². The lowest BCUT2D eigenvalue weighted by Gasteiger charge is -2.29. The van der Waals surface area contributed by atoms with Crippen molar-refractivity contribution in [3.8, 4) is 22.3 Å². The second-order valence-electron chi connectivity index (χ2n) is 11.1. The van der Waals surface area contributed by atoms with Crippen molar-refractivity contribution in [2.75, 3.05) is 13.2 Å². The lowest BCUT2D eigenvalue weighted by molar-refractivity contribution is -0.207. The van der Waals surface area contributed by atoms with Crippen LogP contribution in [0.25, 0.3) is 22.3 Å². The summed E-state index contributed by atoms with van der Waals surface area (Å²) in [6, 6.07) is 15.5. The molecule has 1 aliphatic rings. The second-order valence-corrected chi connectivity index (χ2v) is 11.1. The molecule has 0 aromatic heterocycles. The van der Waals surface area contributed by atoms with Crippen molar-refractivity contribution >= 4 is 0 Å². The Balaban J connectivity index is 1.35. The first-order valence-electron chi connectivity index (χ1n) is 15.2. The zero-order valence-electron chi connectivity index (χ0n) is 24.4. The first-order valence-corrected chi connectivity index (χ1v) is 15.2. The van der Waals surface area contributed by atoms with Gasteiger partial charge in [0.1, 0.15) is 5.82 Å². The largest absolute Gasteiger partial charge is 0.348 e. The molecule has 0 aliphatic carbocycles. The zero-order chi connectivity index (χ0) is 29.0. The summed E-state index contributed by atoms with van der Waals surface area (Å²) >= 11 is 0. The summed E-state index contributed by atoms with van der Waals surface area (Å²) in [5, 5.41) is 0. The van der Waals surface area contributed by atoms with E-state index in [-0.39, 0.29) is 5.56 Å². The normalized spacial score (nSPS) is 17.4. The number of hydrogen-bond donors (Lipinski definition) is 0. The van der Waals surface area contributed by atoms with Gasteiger partial charge >= 0.3 is 0 Å². The van der Waals surface area contributed by atoms with E-state index in [0.717, 1.165) is 37.7 Å². The minimum Gasteiger partial charge on any atom is -0.348 e. The molecule has 220 valence electrons. The summed E-state index contributed by atoms with van der Waals surface area (Å²) in [6.07, 6.45) is 13.9. The molecule has 1 fully saturated rings. The zero-order valence-corrected chi connectivity index (χ0v) is 24.4. The van der Waals surface area contributed by atoms with Gasteiger partial charge in [-0.25, -0.2) is 13.2 Å². The van der Waals surface area contributed by atoms with Gasteiger partial charge < -0.3 is 9.47 Å². The number of rotatable bonds is 14. The summed E-state index contributed by atoms with van der Waals surface area (Å²) in [5.41, 5.74) is 3.10. The molecule has 0 amide bonds. The van der Waals surface area contributed by atoms with Crippen molar-refractivity contribution in [3.05, 3.63) is 95.3 Å². The van der Waals surface area contributed by atoms with Gasteiger partial charge in [-0.15, -0.1) is 0 Å². The van der Waals surface area contributed by atoms with E-state index in [4.69, 9.17) is 9.47 Å². The van der Waals surface area contributed by atoms with Gasteiger partial charge in [-0.05, 0) is 60.9 Å². The molecule has 0 atom stereocenters. The Kier molecular flexibility index (Phi) is 12.1. The predicted molar refractivity (Wildman–Crippen MR) is 161 cm³/mol. The molecule has 5 heteroatoms. The van der Waals surface area contributed by atoms with Gasteiger partial charge in [0, 0.05) is 17.0 Å². The quantitative estimate of drug-likeness (QED) is 0.143. The number of aryl methyl sites for hydroxylation is 1. The summed E-state index contributed by atoms with van der Waals surface area (Å²) in [5.74, 6) is -1.66. The van der Waals surface area contributed by atoms with E-state index in [0.29, 0.717) is 47.8 Å². The molecule has 1 aliphatic heterocycles. The number of halogens is 3. The summed E-state index contributed by atoms with van der Waals surface area (Å²) < 4.78 is 56.6. The molecule has 41 heavy (non-hydrogen) atoms. The van der Waals surface area contributed by atoms with Gasteiger partial charge in [-0.1, -0.05) is 106 Å². The molecule has 0 radical (unpaired) electrons. The molecule has 1 heterocycles. The molecule has 0 saturated carbocycles. The second kappa shape index (κ2) is 15.9. The highest BCUT2D eigenvalue weighted by atomic mass is 19.2. The van der Waals surface area contributed by atoms with Gasteiger partial charge in [0.2, 0.25) is 0 Å². The van der Waals surface area contributed by atoms with Crippen LogP contribution in [0.2, 0.25) is 0 Å². The molecule has 0 unspecified atom stereocenters. The Morgan fingerprint density at radius 1 is 0.756 bits per heavy atom. The van der Waals surface area contributed by atoms with Crippen LogP contribution < -0.4 is 0 Å². The van der Waals surface area contributed by atoms with Crippen LogP contribution in [0.4, 0.5) is 13.2 Å². The van der Waals surface area contributed by atoms with Crippen LogP contribution >= 0.6 is 0 Å². The van der Waals surface area contributed by atoms with Crippen molar-refractivity contribution in [2.45, 2.75) is 84.3 Å². The standard InChI is InChI=1S/C36H43F3O2/c1-3-5-7-8-9-10-12-14-29-19-21-31(35(39)34(29)38)28-17-15-27(16-18-28)30-20-22-32(33(37)23-30)36-40-24-26(25-41-36)13-11-6-4-2/h4,6,15-23,26,36H,3,5,7-14,24-25H2,1-2H3/b6-4+. The minimum atomic E-state index is -0.815.